The van der Waals surface area contributed by atoms with E-state index in [2.05, 4.69) is 0 Å². The Morgan fingerprint density at radius 3 is 2.17 bits per heavy atom. The van der Waals surface area contributed by atoms with Crippen LogP contribution in [0.2, 0.25) is 0 Å². The van der Waals surface area contributed by atoms with Crippen LogP contribution in [0.5, 0.6) is 0 Å². The third kappa shape index (κ3) is 3.97. The minimum absolute atomic E-state index is 0. The van der Waals surface area contributed by atoms with Gasteiger partial charge in [-0.1, -0.05) is 30.3 Å². The van der Waals surface area contributed by atoms with Gasteiger partial charge in [-0.15, -0.1) is 12.4 Å². The molecule has 5 heteroatoms. The number of halogens is 1. The summed E-state index contributed by atoms with van der Waals surface area (Å²) < 4.78 is 24.4. The van der Waals surface area contributed by atoms with E-state index in [-0.39, 0.29) is 29.5 Å². The fraction of sp³-hybridized carbons (Fsp3) is 0.538. The van der Waals surface area contributed by atoms with Crippen molar-refractivity contribution < 1.29 is 8.42 Å². The lowest BCUT2D eigenvalue weighted by atomic mass is 9.96. The molecule has 1 aliphatic carbocycles. The van der Waals surface area contributed by atoms with Gasteiger partial charge in [-0.3, -0.25) is 0 Å². The number of rotatable bonds is 3. The predicted octanol–water partition coefficient (Wildman–Crippen LogP) is 2.29. The Labute approximate surface area is 115 Å². The van der Waals surface area contributed by atoms with Crippen molar-refractivity contribution in [3.63, 3.8) is 0 Å². The van der Waals surface area contributed by atoms with Gasteiger partial charge in [-0.2, -0.15) is 0 Å². The summed E-state index contributed by atoms with van der Waals surface area (Å²) in [7, 11) is -3.02. The van der Waals surface area contributed by atoms with E-state index in [1.54, 1.807) is 0 Å². The maximum absolute atomic E-state index is 12.2. The summed E-state index contributed by atoms with van der Waals surface area (Å²) in [4.78, 5) is 0. The molecule has 2 rings (SSSR count). The van der Waals surface area contributed by atoms with Crippen LogP contribution in [0.25, 0.3) is 0 Å². The quantitative estimate of drug-likeness (QED) is 0.929. The lowest BCUT2D eigenvalue weighted by Gasteiger charge is -2.25. The Hall–Kier alpha value is -0.580. The van der Waals surface area contributed by atoms with Crippen molar-refractivity contribution in [1.82, 2.24) is 0 Å². The molecular weight excluding hydrogens is 270 g/mol. The fourth-order valence-corrected chi connectivity index (χ4v) is 4.26. The molecule has 0 aliphatic heterocycles. The maximum Gasteiger partial charge on any atom is 0.157 e. The summed E-state index contributed by atoms with van der Waals surface area (Å²) in [6, 6.07) is 9.58. The van der Waals surface area contributed by atoms with Crippen LogP contribution in [0.1, 0.15) is 31.2 Å². The lowest BCUT2D eigenvalue weighted by molar-refractivity contribution is 0.433. The molecule has 0 unspecified atom stereocenters. The van der Waals surface area contributed by atoms with Crippen LogP contribution in [0.4, 0.5) is 0 Å². The van der Waals surface area contributed by atoms with Gasteiger partial charge in [0.1, 0.15) is 0 Å². The topological polar surface area (TPSA) is 60.2 Å². The predicted molar refractivity (Wildman–Crippen MR) is 76.5 cm³/mol. The van der Waals surface area contributed by atoms with Crippen LogP contribution < -0.4 is 5.73 Å². The van der Waals surface area contributed by atoms with E-state index in [9.17, 15) is 8.42 Å². The van der Waals surface area contributed by atoms with E-state index in [4.69, 9.17) is 5.73 Å². The van der Waals surface area contributed by atoms with Crippen molar-refractivity contribution in [3.05, 3.63) is 35.9 Å². The minimum atomic E-state index is -3.02. The normalized spacial score (nSPS) is 24.3. The monoisotopic (exact) mass is 289 g/mol. The SMILES string of the molecule is Cl.NC1CCC(S(=O)(=O)Cc2ccccc2)CC1. The molecule has 0 atom stereocenters. The van der Waals surface area contributed by atoms with E-state index < -0.39 is 9.84 Å². The van der Waals surface area contributed by atoms with Crippen molar-refractivity contribution in [2.24, 2.45) is 5.73 Å². The highest BCUT2D eigenvalue weighted by molar-refractivity contribution is 7.91. The van der Waals surface area contributed by atoms with E-state index in [0.717, 1.165) is 31.2 Å². The van der Waals surface area contributed by atoms with Gasteiger partial charge in [0.15, 0.2) is 9.84 Å². The van der Waals surface area contributed by atoms with Gasteiger partial charge in [0.2, 0.25) is 0 Å². The number of hydrogen-bond donors (Lipinski definition) is 1. The second-order valence-corrected chi connectivity index (χ2v) is 7.11. The average Bonchev–Trinajstić information content (AvgIpc) is 2.30. The van der Waals surface area contributed by atoms with Gasteiger partial charge < -0.3 is 5.73 Å². The van der Waals surface area contributed by atoms with Gasteiger partial charge in [0.05, 0.1) is 11.0 Å². The molecule has 2 N–H and O–H groups in total. The zero-order valence-corrected chi connectivity index (χ0v) is 11.9. The number of benzene rings is 1. The average molecular weight is 290 g/mol. The Bertz CT molecular complexity index is 453. The highest BCUT2D eigenvalue weighted by Gasteiger charge is 2.29. The molecule has 0 saturated heterocycles. The standard InChI is InChI=1S/C13H19NO2S.ClH/c14-12-6-8-13(9-7-12)17(15,16)10-11-4-2-1-3-5-11;/h1-5,12-13H,6-10,14H2;1H. The molecule has 0 heterocycles. The summed E-state index contributed by atoms with van der Waals surface area (Å²) in [6.45, 7) is 0. The first kappa shape index (κ1) is 15.5. The first-order valence-electron chi connectivity index (χ1n) is 6.09. The van der Waals surface area contributed by atoms with Crippen molar-refractivity contribution in [1.29, 1.82) is 0 Å². The van der Waals surface area contributed by atoms with Gasteiger partial charge in [0.25, 0.3) is 0 Å². The largest absolute Gasteiger partial charge is 0.328 e. The Balaban J connectivity index is 0.00000162. The summed E-state index contributed by atoms with van der Waals surface area (Å²) in [5.74, 6) is 0.160. The van der Waals surface area contributed by atoms with Crippen molar-refractivity contribution in [3.8, 4) is 0 Å². The molecule has 1 aromatic carbocycles. The van der Waals surface area contributed by atoms with Gasteiger partial charge >= 0.3 is 0 Å². The molecule has 102 valence electrons. The van der Waals surface area contributed by atoms with Crippen LogP contribution >= 0.6 is 12.4 Å². The van der Waals surface area contributed by atoms with Gasteiger partial charge in [-0.05, 0) is 31.2 Å². The lowest BCUT2D eigenvalue weighted by Crippen LogP contribution is -2.33. The molecule has 0 spiro atoms. The first-order chi connectivity index (χ1) is 8.08. The highest BCUT2D eigenvalue weighted by Crippen LogP contribution is 2.25. The van der Waals surface area contributed by atoms with E-state index in [1.165, 1.54) is 0 Å². The zero-order valence-electron chi connectivity index (χ0n) is 10.3. The number of nitrogens with two attached hydrogens (primary N) is 1. The van der Waals surface area contributed by atoms with Crippen LogP contribution in [0.15, 0.2) is 30.3 Å². The van der Waals surface area contributed by atoms with E-state index >= 15 is 0 Å². The van der Waals surface area contributed by atoms with Crippen molar-refractivity contribution in [2.45, 2.75) is 42.7 Å². The molecular formula is C13H20ClNO2S. The van der Waals surface area contributed by atoms with Crippen LogP contribution in [0, 0.1) is 0 Å². The third-order valence-electron chi connectivity index (χ3n) is 3.44. The molecule has 0 amide bonds. The van der Waals surface area contributed by atoms with Crippen molar-refractivity contribution >= 4 is 22.2 Å². The molecule has 1 saturated carbocycles. The summed E-state index contributed by atoms with van der Waals surface area (Å²) in [5, 5.41) is -0.192. The Morgan fingerprint density at radius 1 is 1.06 bits per heavy atom. The van der Waals surface area contributed by atoms with Crippen LogP contribution in [-0.2, 0) is 15.6 Å². The molecule has 0 aromatic heterocycles. The van der Waals surface area contributed by atoms with E-state index in [1.807, 2.05) is 30.3 Å². The zero-order chi connectivity index (χ0) is 12.3. The molecule has 1 fully saturated rings. The summed E-state index contributed by atoms with van der Waals surface area (Å²) in [6.07, 6.45) is 3.10. The van der Waals surface area contributed by atoms with Gasteiger partial charge in [0, 0.05) is 6.04 Å². The second kappa shape index (κ2) is 6.55. The van der Waals surface area contributed by atoms with E-state index in [0.29, 0.717) is 0 Å². The molecule has 1 aromatic rings. The molecule has 1 aliphatic rings. The van der Waals surface area contributed by atoms with Crippen molar-refractivity contribution in [2.75, 3.05) is 0 Å². The molecule has 0 bridgehead atoms. The maximum atomic E-state index is 12.2. The van der Waals surface area contributed by atoms with Gasteiger partial charge in [-0.25, -0.2) is 8.42 Å². The number of hydrogen-bond acceptors (Lipinski definition) is 3. The number of sulfone groups is 1. The Kier molecular flexibility index (Phi) is 5.63. The third-order valence-corrected chi connectivity index (χ3v) is 5.66. The van der Waals surface area contributed by atoms with Crippen LogP contribution in [0.3, 0.4) is 0 Å². The summed E-state index contributed by atoms with van der Waals surface area (Å²) >= 11 is 0. The molecule has 3 nitrogen and oxygen atoms in total. The summed E-state index contributed by atoms with van der Waals surface area (Å²) in [5.41, 5.74) is 6.68. The van der Waals surface area contributed by atoms with Crippen LogP contribution in [-0.4, -0.2) is 19.7 Å². The second-order valence-electron chi connectivity index (χ2n) is 4.83. The molecule has 0 radical (unpaired) electrons. The first-order valence-corrected chi connectivity index (χ1v) is 7.80. The highest BCUT2D eigenvalue weighted by atomic mass is 35.5. The fourth-order valence-electron chi connectivity index (χ4n) is 2.37. The Morgan fingerprint density at radius 2 is 1.61 bits per heavy atom. The minimum Gasteiger partial charge on any atom is -0.328 e. The molecule has 18 heavy (non-hydrogen) atoms. The smallest absolute Gasteiger partial charge is 0.157 e.